The molecule has 0 aliphatic heterocycles. The highest BCUT2D eigenvalue weighted by Gasteiger charge is 2.46. The number of hydrogen-bond acceptors (Lipinski definition) is 1. The maximum Gasteiger partial charge on any atom is 0.0988 e. The smallest absolute Gasteiger partial charge is 0.0988 e. The van der Waals surface area contributed by atoms with E-state index in [0.717, 1.165) is 12.0 Å². The molecule has 0 radical (unpaired) electrons. The highest BCUT2D eigenvalue weighted by atomic mass is 14.5. The maximum atomic E-state index is 9.44. The minimum atomic E-state index is -0.378. The third-order valence-electron chi connectivity index (χ3n) is 7.11. The van der Waals surface area contributed by atoms with Crippen molar-refractivity contribution in [2.75, 3.05) is 0 Å². The van der Waals surface area contributed by atoms with Crippen molar-refractivity contribution in [1.29, 1.82) is 5.26 Å². The van der Waals surface area contributed by atoms with Crippen LogP contribution in [0.1, 0.15) is 40.2 Å². The highest BCUT2D eigenvalue weighted by Crippen LogP contribution is 2.56. The first-order chi connectivity index (χ1) is 16.3. The molecule has 156 valence electrons. The number of fused-ring (bicyclic) bond motifs is 3. The Kier molecular flexibility index (Phi) is 4.60. The molecule has 0 aromatic heterocycles. The molecule has 2 aliphatic rings. The van der Waals surface area contributed by atoms with Crippen molar-refractivity contribution >= 4 is 0 Å². The fourth-order valence-corrected chi connectivity index (χ4v) is 5.68. The van der Waals surface area contributed by atoms with E-state index in [9.17, 15) is 5.26 Å². The molecule has 4 aromatic carbocycles. The fraction of sp³-hybridized carbons (Fsp3) is 0.0938. The average molecular weight is 422 g/mol. The molecule has 0 fully saturated rings. The summed E-state index contributed by atoms with van der Waals surface area (Å²) < 4.78 is 0. The van der Waals surface area contributed by atoms with Crippen molar-refractivity contribution in [2.24, 2.45) is 0 Å². The zero-order valence-corrected chi connectivity index (χ0v) is 18.3. The molecule has 0 saturated heterocycles. The summed E-state index contributed by atoms with van der Waals surface area (Å²) in [7, 11) is 0. The summed E-state index contributed by atoms with van der Waals surface area (Å²) in [6.45, 7) is 0. The molecular formula is C32H23N. The van der Waals surface area contributed by atoms with Gasteiger partial charge in [-0.05, 0) is 51.4 Å². The second-order valence-electron chi connectivity index (χ2n) is 8.81. The van der Waals surface area contributed by atoms with Crippen LogP contribution in [0.5, 0.6) is 0 Å². The molecule has 2 aliphatic carbocycles. The Bertz CT molecular complexity index is 1400. The van der Waals surface area contributed by atoms with E-state index in [-0.39, 0.29) is 11.3 Å². The summed E-state index contributed by atoms with van der Waals surface area (Å²) in [5.41, 5.74) is 9.40. The summed E-state index contributed by atoms with van der Waals surface area (Å²) in [6.07, 6.45) is 7.07. The van der Waals surface area contributed by atoms with Gasteiger partial charge in [0.05, 0.1) is 11.5 Å². The molecule has 1 atom stereocenters. The molecule has 4 aromatic rings. The van der Waals surface area contributed by atoms with Gasteiger partial charge in [0.2, 0.25) is 0 Å². The third kappa shape index (κ3) is 2.92. The Labute approximate surface area is 195 Å². The van der Waals surface area contributed by atoms with Crippen LogP contribution in [0.15, 0.2) is 127 Å². The van der Waals surface area contributed by atoms with Crippen LogP contribution in [-0.2, 0) is 5.41 Å². The lowest BCUT2D eigenvalue weighted by molar-refractivity contribution is 0.761. The maximum absolute atomic E-state index is 9.44. The van der Waals surface area contributed by atoms with Crippen LogP contribution in [0.3, 0.4) is 0 Å². The Hall–Kier alpha value is -4.15. The molecule has 1 nitrogen and oxygen atoms in total. The third-order valence-corrected chi connectivity index (χ3v) is 7.11. The van der Waals surface area contributed by atoms with E-state index in [2.05, 4.69) is 121 Å². The first-order valence-electron chi connectivity index (χ1n) is 11.5. The topological polar surface area (TPSA) is 23.8 Å². The first kappa shape index (κ1) is 19.5. The summed E-state index contributed by atoms with van der Waals surface area (Å²) in [4.78, 5) is 0. The summed E-state index contributed by atoms with van der Waals surface area (Å²) in [5, 5.41) is 9.44. The van der Waals surface area contributed by atoms with Crippen LogP contribution in [0.4, 0.5) is 0 Å². The lowest BCUT2D eigenvalue weighted by Crippen LogP contribution is -2.28. The standard InChI is InChI=1S/C32H23N/c33-22-23-10-9-11-24(20-23)25-18-19-29-28-16-7-8-17-30(28)32(31(29)21-25,26-12-3-1-4-13-26)27-14-5-2-6-15-27/h1-10,12-21,24H,11H2. The first-order valence-corrected chi connectivity index (χ1v) is 11.5. The number of benzene rings is 4. The van der Waals surface area contributed by atoms with E-state index in [1.807, 2.05) is 6.08 Å². The number of allylic oxidation sites excluding steroid dienone is 4. The van der Waals surface area contributed by atoms with Crippen molar-refractivity contribution in [2.45, 2.75) is 17.8 Å². The molecule has 1 unspecified atom stereocenters. The molecular weight excluding hydrogens is 398 g/mol. The van der Waals surface area contributed by atoms with E-state index in [4.69, 9.17) is 0 Å². The van der Waals surface area contributed by atoms with Gasteiger partial charge in [-0.2, -0.15) is 5.26 Å². The Morgan fingerprint density at radius 3 is 2.03 bits per heavy atom. The van der Waals surface area contributed by atoms with Gasteiger partial charge in [-0.25, -0.2) is 0 Å². The molecule has 0 amide bonds. The summed E-state index contributed by atoms with van der Waals surface area (Å²) in [6, 6.07) is 39.8. The SMILES string of the molecule is N#CC1=CC(c2ccc3c(c2)C(c2ccccc2)(c2ccccc2)c2ccccc2-3)CC=C1. The van der Waals surface area contributed by atoms with Gasteiger partial charge >= 0.3 is 0 Å². The van der Waals surface area contributed by atoms with Crippen molar-refractivity contribution in [3.05, 3.63) is 155 Å². The van der Waals surface area contributed by atoms with Crippen molar-refractivity contribution in [1.82, 2.24) is 0 Å². The van der Waals surface area contributed by atoms with E-state index >= 15 is 0 Å². The molecule has 0 bridgehead atoms. The normalized spacial score (nSPS) is 17.5. The zero-order chi connectivity index (χ0) is 22.3. The molecule has 33 heavy (non-hydrogen) atoms. The van der Waals surface area contributed by atoms with Crippen molar-refractivity contribution in [3.8, 4) is 17.2 Å². The van der Waals surface area contributed by atoms with E-state index in [1.54, 1.807) is 0 Å². The second kappa shape index (κ2) is 7.76. The Morgan fingerprint density at radius 2 is 1.33 bits per heavy atom. The van der Waals surface area contributed by atoms with Crippen LogP contribution in [0, 0.1) is 11.3 Å². The molecule has 0 heterocycles. The van der Waals surface area contributed by atoms with Gasteiger partial charge in [0.1, 0.15) is 0 Å². The van der Waals surface area contributed by atoms with Gasteiger partial charge in [0.25, 0.3) is 0 Å². The van der Waals surface area contributed by atoms with Gasteiger partial charge in [-0.15, -0.1) is 0 Å². The largest absolute Gasteiger partial charge is 0.192 e. The zero-order valence-electron chi connectivity index (χ0n) is 18.3. The molecule has 6 rings (SSSR count). The Morgan fingerprint density at radius 1 is 0.697 bits per heavy atom. The van der Waals surface area contributed by atoms with Crippen LogP contribution < -0.4 is 0 Å². The lowest BCUT2D eigenvalue weighted by Gasteiger charge is -2.34. The number of hydrogen-bond donors (Lipinski definition) is 0. The van der Waals surface area contributed by atoms with Crippen LogP contribution >= 0.6 is 0 Å². The number of nitriles is 1. The summed E-state index contributed by atoms with van der Waals surface area (Å²) >= 11 is 0. The van der Waals surface area contributed by atoms with Crippen LogP contribution in [0.2, 0.25) is 0 Å². The van der Waals surface area contributed by atoms with E-state index in [0.29, 0.717) is 0 Å². The van der Waals surface area contributed by atoms with E-state index in [1.165, 1.54) is 38.9 Å². The fourth-order valence-electron chi connectivity index (χ4n) is 5.68. The summed E-state index contributed by atoms with van der Waals surface area (Å²) in [5.74, 6) is 0.211. The Balaban J connectivity index is 1.67. The van der Waals surface area contributed by atoms with Crippen LogP contribution in [-0.4, -0.2) is 0 Å². The van der Waals surface area contributed by atoms with Gasteiger partial charge < -0.3 is 0 Å². The highest BCUT2D eigenvalue weighted by molar-refractivity contribution is 5.86. The monoisotopic (exact) mass is 421 g/mol. The number of rotatable bonds is 3. The van der Waals surface area contributed by atoms with E-state index < -0.39 is 0 Å². The van der Waals surface area contributed by atoms with Gasteiger partial charge in [-0.3, -0.25) is 0 Å². The van der Waals surface area contributed by atoms with Gasteiger partial charge in [0, 0.05) is 11.5 Å². The predicted octanol–water partition coefficient (Wildman–Crippen LogP) is 7.54. The van der Waals surface area contributed by atoms with Crippen molar-refractivity contribution < 1.29 is 0 Å². The molecule has 1 heteroatoms. The minimum absolute atomic E-state index is 0.211. The molecule has 0 N–H and O–H groups in total. The minimum Gasteiger partial charge on any atom is -0.192 e. The van der Waals surface area contributed by atoms with Crippen molar-refractivity contribution in [3.63, 3.8) is 0 Å². The molecule has 0 spiro atoms. The van der Waals surface area contributed by atoms with Crippen LogP contribution in [0.25, 0.3) is 11.1 Å². The number of nitrogens with zero attached hydrogens (tertiary/aromatic N) is 1. The van der Waals surface area contributed by atoms with Gasteiger partial charge in [-0.1, -0.05) is 115 Å². The quantitative estimate of drug-likeness (QED) is 0.295. The second-order valence-corrected chi connectivity index (χ2v) is 8.81. The molecule has 0 saturated carbocycles. The predicted molar refractivity (Wildman–Crippen MR) is 134 cm³/mol. The van der Waals surface area contributed by atoms with Gasteiger partial charge in [0.15, 0.2) is 0 Å². The lowest BCUT2D eigenvalue weighted by atomic mass is 9.67. The average Bonchev–Trinajstić information content (AvgIpc) is 3.20.